The summed E-state index contributed by atoms with van der Waals surface area (Å²) in [5, 5.41) is 2.82. The molecular formula is C27H31N3O2. The molecule has 0 aromatic heterocycles. The molecule has 0 fully saturated rings. The molecule has 0 saturated carbocycles. The fourth-order valence-electron chi connectivity index (χ4n) is 3.56. The fraction of sp³-hybridized carbons (Fsp3) is 0.259. The molecule has 3 aromatic carbocycles. The van der Waals surface area contributed by atoms with E-state index in [1.807, 2.05) is 89.8 Å². The van der Waals surface area contributed by atoms with Gasteiger partial charge in [-0.2, -0.15) is 0 Å². The molecule has 3 amide bonds. The molecule has 0 atom stereocenters. The average Bonchev–Trinajstić information content (AvgIpc) is 2.81. The van der Waals surface area contributed by atoms with E-state index < -0.39 is 0 Å². The average molecular weight is 430 g/mol. The number of nitrogens with one attached hydrogen (secondary N) is 1. The highest BCUT2D eigenvalue weighted by atomic mass is 16.2. The minimum Gasteiger partial charge on any atom is -0.326 e. The third kappa shape index (κ3) is 6.71. The number of hydrogen-bond acceptors (Lipinski definition) is 2. The lowest BCUT2D eigenvalue weighted by Crippen LogP contribution is -2.43. The van der Waals surface area contributed by atoms with E-state index >= 15 is 0 Å². The van der Waals surface area contributed by atoms with Crippen molar-refractivity contribution in [2.75, 3.05) is 16.8 Å². The number of hydrogen-bond donors (Lipinski definition) is 1. The summed E-state index contributed by atoms with van der Waals surface area (Å²) in [5.74, 6) is -0.142. The van der Waals surface area contributed by atoms with Gasteiger partial charge in [0.2, 0.25) is 5.91 Å². The molecule has 0 unspecified atom stereocenters. The maximum Gasteiger partial charge on any atom is 0.325 e. The zero-order chi connectivity index (χ0) is 22.8. The standard InChI is InChI=1S/C27H31N3O2/c1-3-4-18-29(20-23-12-7-5-8-13-23)27(32)30(21-24-14-9-6-10-15-24)26-17-11-16-25(19-26)28-22(2)31/h5-17,19H,3-4,18,20-21H2,1-2H3,(H,28,31). The van der Waals surface area contributed by atoms with Gasteiger partial charge in [0, 0.05) is 31.4 Å². The predicted octanol–water partition coefficient (Wildman–Crippen LogP) is 6.07. The lowest BCUT2D eigenvalue weighted by atomic mass is 10.1. The number of unbranched alkanes of at least 4 members (excludes halogenated alkanes) is 1. The molecule has 0 aliphatic rings. The molecule has 1 N–H and O–H groups in total. The van der Waals surface area contributed by atoms with Crippen molar-refractivity contribution in [3.63, 3.8) is 0 Å². The first-order chi connectivity index (χ1) is 15.6. The Morgan fingerprint density at radius 1 is 0.812 bits per heavy atom. The van der Waals surface area contributed by atoms with E-state index in [1.54, 1.807) is 4.90 Å². The second-order valence-corrected chi connectivity index (χ2v) is 7.85. The highest BCUT2D eigenvalue weighted by Gasteiger charge is 2.23. The normalized spacial score (nSPS) is 10.4. The van der Waals surface area contributed by atoms with Crippen LogP contribution in [0.2, 0.25) is 0 Å². The number of amides is 3. The molecule has 0 bridgehead atoms. The van der Waals surface area contributed by atoms with Crippen LogP contribution in [0.25, 0.3) is 0 Å². The van der Waals surface area contributed by atoms with Crippen molar-refractivity contribution >= 4 is 23.3 Å². The van der Waals surface area contributed by atoms with Crippen molar-refractivity contribution in [1.82, 2.24) is 4.90 Å². The molecule has 0 saturated heterocycles. The van der Waals surface area contributed by atoms with Gasteiger partial charge in [0.05, 0.1) is 6.54 Å². The third-order valence-electron chi connectivity index (χ3n) is 5.16. The fourth-order valence-corrected chi connectivity index (χ4v) is 3.56. The van der Waals surface area contributed by atoms with Gasteiger partial charge in [0.1, 0.15) is 0 Å². The van der Waals surface area contributed by atoms with E-state index in [0.717, 1.165) is 29.7 Å². The first kappa shape index (κ1) is 23.1. The first-order valence-corrected chi connectivity index (χ1v) is 11.1. The van der Waals surface area contributed by atoms with Crippen molar-refractivity contribution < 1.29 is 9.59 Å². The second kappa shape index (κ2) is 11.7. The molecular weight excluding hydrogens is 398 g/mol. The Morgan fingerprint density at radius 3 is 2.03 bits per heavy atom. The number of rotatable bonds is 9. The molecule has 0 aliphatic heterocycles. The van der Waals surface area contributed by atoms with Crippen molar-refractivity contribution in [3.8, 4) is 0 Å². The van der Waals surface area contributed by atoms with Crippen molar-refractivity contribution in [3.05, 3.63) is 96.1 Å². The van der Waals surface area contributed by atoms with Crippen LogP contribution < -0.4 is 10.2 Å². The molecule has 32 heavy (non-hydrogen) atoms. The Labute approximate surface area is 190 Å². The van der Waals surface area contributed by atoms with E-state index in [4.69, 9.17) is 0 Å². The highest BCUT2D eigenvalue weighted by molar-refractivity contribution is 5.94. The Morgan fingerprint density at radius 2 is 1.44 bits per heavy atom. The summed E-state index contributed by atoms with van der Waals surface area (Å²) in [6, 6.07) is 27.4. The van der Waals surface area contributed by atoms with E-state index in [2.05, 4.69) is 12.2 Å². The number of urea groups is 1. The predicted molar refractivity (Wildman–Crippen MR) is 131 cm³/mol. The lowest BCUT2D eigenvalue weighted by Gasteiger charge is -2.31. The molecule has 5 heteroatoms. The lowest BCUT2D eigenvalue weighted by molar-refractivity contribution is -0.114. The van der Waals surface area contributed by atoms with Crippen LogP contribution in [0, 0.1) is 0 Å². The SMILES string of the molecule is CCCCN(Cc1ccccc1)C(=O)N(Cc1ccccc1)c1cccc(NC(C)=O)c1. The number of benzene rings is 3. The number of nitrogens with zero attached hydrogens (tertiary/aromatic N) is 2. The van der Waals surface area contributed by atoms with Gasteiger partial charge in [-0.15, -0.1) is 0 Å². The smallest absolute Gasteiger partial charge is 0.325 e. The summed E-state index contributed by atoms with van der Waals surface area (Å²) < 4.78 is 0. The second-order valence-electron chi connectivity index (χ2n) is 7.85. The van der Waals surface area contributed by atoms with Crippen LogP contribution in [-0.2, 0) is 17.9 Å². The van der Waals surface area contributed by atoms with E-state index in [-0.39, 0.29) is 11.9 Å². The zero-order valence-electron chi connectivity index (χ0n) is 18.8. The zero-order valence-corrected chi connectivity index (χ0v) is 18.8. The van der Waals surface area contributed by atoms with E-state index in [9.17, 15) is 9.59 Å². The number of carbonyl (C=O) groups is 2. The minimum absolute atomic E-state index is 0.0499. The van der Waals surface area contributed by atoms with Gasteiger partial charge < -0.3 is 10.2 Å². The molecule has 0 radical (unpaired) electrons. The number of carbonyl (C=O) groups excluding carboxylic acids is 2. The van der Waals surface area contributed by atoms with Crippen molar-refractivity contribution in [1.29, 1.82) is 0 Å². The topological polar surface area (TPSA) is 52.7 Å². The Balaban J connectivity index is 1.94. The van der Waals surface area contributed by atoms with Crippen LogP contribution in [0.5, 0.6) is 0 Å². The van der Waals surface area contributed by atoms with Gasteiger partial charge in [-0.3, -0.25) is 9.69 Å². The first-order valence-electron chi connectivity index (χ1n) is 11.1. The molecule has 5 nitrogen and oxygen atoms in total. The van der Waals surface area contributed by atoms with Crippen LogP contribution in [-0.4, -0.2) is 23.4 Å². The summed E-state index contributed by atoms with van der Waals surface area (Å²) >= 11 is 0. The van der Waals surface area contributed by atoms with Gasteiger partial charge in [-0.1, -0.05) is 80.1 Å². The van der Waals surface area contributed by atoms with Crippen LogP contribution >= 0.6 is 0 Å². The van der Waals surface area contributed by atoms with Gasteiger partial charge in [0.15, 0.2) is 0 Å². The van der Waals surface area contributed by atoms with Gasteiger partial charge in [-0.05, 0) is 35.7 Å². The molecule has 3 aromatic rings. The molecule has 0 aliphatic carbocycles. The molecule has 0 spiro atoms. The molecule has 3 rings (SSSR count). The van der Waals surface area contributed by atoms with Crippen LogP contribution in [0.1, 0.15) is 37.8 Å². The van der Waals surface area contributed by atoms with Gasteiger partial charge in [-0.25, -0.2) is 4.79 Å². The maximum atomic E-state index is 13.9. The van der Waals surface area contributed by atoms with Crippen LogP contribution in [0.15, 0.2) is 84.9 Å². The van der Waals surface area contributed by atoms with Gasteiger partial charge >= 0.3 is 6.03 Å². The molecule has 166 valence electrons. The monoisotopic (exact) mass is 429 g/mol. The summed E-state index contributed by atoms with van der Waals surface area (Å²) in [7, 11) is 0. The van der Waals surface area contributed by atoms with Crippen LogP contribution in [0.3, 0.4) is 0 Å². The Bertz CT molecular complexity index is 1010. The highest BCUT2D eigenvalue weighted by Crippen LogP contribution is 2.24. The maximum absolute atomic E-state index is 13.9. The van der Waals surface area contributed by atoms with Crippen molar-refractivity contribution in [2.24, 2.45) is 0 Å². The van der Waals surface area contributed by atoms with E-state index in [0.29, 0.717) is 25.3 Å². The van der Waals surface area contributed by atoms with Gasteiger partial charge in [0.25, 0.3) is 0 Å². The summed E-state index contributed by atoms with van der Waals surface area (Å²) in [5.41, 5.74) is 3.56. The summed E-state index contributed by atoms with van der Waals surface area (Å²) in [6.45, 7) is 5.29. The molecule has 0 heterocycles. The van der Waals surface area contributed by atoms with E-state index in [1.165, 1.54) is 6.92 Å². The summed E-state index contributed by atoms with van der Waals surface area (Å²) in [6.07, 6.45) is 1.94. The number of anilines is 2. The largest absolute Gasteiger partial charge is 0.326 e. The Hall–Kier alpha value is -3.60. The third-order valence-corrected chi connectivity index (χ3v) is 5.16. The van der Waals surface area contributed by atoms with Crippen molar-refractivity contribution in [2.45, 2.75) is 39.8 Å². The quantitative estimate of drug-likeness (QED) is 0.448. The minimum atomic E-state index is -0.142. The van der Waals surface area contributed by atoms with Crippen LogP contribution in [0.4, 0.5) is 16.2 Å². The summed E-state index contributed by atoms with van der Waals surface area (Å²) in [4.78, 5) is 29.1. The Kier molecular flexibility index (Phi) is 8.44.